The number of methoxy groups -OCH3 is 2. The van der Waals surface area contributed by atoms with Crippen LogP contribution in [0.2, 0.25) is 0 Å². The van der Waals surface area contributed by atoms with E-state index in [0.29, 0.717) is 0 Å². The van der Waals surface area contributed by atoms with E-state index in [1.807, 2.05) is 18.2 Å². The maximum Gasteiger partial charge on any atom is 0.127 e. The molecule has 0 radical (unpaired) electrons. The number of benzene rings is 2. The van der Waals surface area contributed by atoms with Crippen LogP contribution in [0.4, 0.5) is 0 Å². The third-order valence-electron chi connectivity index (χ3n) is 3.91. The minimum Gasteiger partial charge on any atom is -0.497 e. The van der Waals surface area contributed by atoms with Gasteiger partial charge in [-0.25, -0.2) is 0 Å². The van der Waals surface area contributed by atoms with Crippen molar-refractivity contribution in [1.82, 2.24) is 0 Å². The molecule has 0 heterocycles. The Morgan fingerprint density at radius 1 is 0.909 bits per heavy atom. The lowest BCUT2D eigenvalue weighted by molar-refractivity contribution is 0.390. The molecule has 0 saturated carbocycles. The second-order valence-electron chi connectivity index (χ2n) is 6.46. The summed E-state index contributed by atoms with van der Waals surface area (Å²) >= 11 is 0. The maximum atomic E-state index is 6.42. The summed E-state index contributed by atoms with van der Waals surface area (Å²) in [7, 11) is 3.29. The van der Waals surface area contributed by atoms with Crippen LogP contribution in [0.5, 0.6) is 11.5 Å². The van der Waals surface area contributed by atoms with Crippen LogP contribution < -0.4 is 15.2 Å². The average Bonchev–Trinajstić information content (AvgIpc) is 2.52. The minimum absolute atomic E-state index is 0.139. The molecule has 22 heavy (non-hydrogen) atoms. The molecule has 2 aromatic rings. The summed E-state index contributed by atoms with van der Waals surface area (Å²) in [6.45, 7) is 6.61. The van der Waals surface area contributed by atoms with E-state index in [0.717, 1.165) is 22.6 Å². The van der Waals surface area contributed by atoms with Gasteiger partial charge in [-0.2, -0.15) is 0 Å². The Balaban J connectivity index is 2.33. The molecule has 2 aromatic carbocycles. The van der Waals surface area contributed by atoms with Crippen molar-refractivity contribution >= 4 is 0 Å². The van der Waals surface area contributed by atoms with E-state index in [1.54, 1.807) is 14.2 Å². The number of nitrogens with two attached hydrogens (primary N) is 1. The largest absolute Gasteiger partial charge is 0.497 e. The molecule has 0 aromatic heterocycles. The highest BCUT2D eigenvalue weighted by Gasteiger charge is 2.17. The third-order valence-corrected chi connectivity index (χ3v) is 3.91. The molecular weight excluding hydrogens is 274 g/mol. The molecule has 118 valence electrons. The normalized spacial score (nSPS) is 12.8. The molecule has 0 aliphatic heterocycles. The van der Waals surface area contributed by atoms with Crippen LogP contribution in [0.15, 0.2) is 42.5 Å². The van der Waals surface area contributed by atoms with Crippen molar-refractivity contribution in [2.45, 2.75) is 32.2 Å². The molecule has 1 unspecified atom stereocenters. The molecule has 0 aliphatic rings. The molecule has 1 atom stereocenters. The molecular formula is C19H25NO2. The van der Waals surface area contributed by atoms with Crippen molar-refractivity contribution < 1.29 is 9.47 Å². The van der Waals surface area contributed by atoms with E-state index < -0.39 is 0 Å². The molecule has 0 amide bonds. The Bertz CT molecular complexity index is 627. The van der Waals surface area contributed by atoms with Gasteiger partial charge in [-0.1, -0.05) is 45.0 Å². The second kappa shape index (κ2) is 6.41. The van der Waals surface area contributed by atoms with Crippen LogP contribution in [-0.2, 0) is 5.41 Å². The van der Waals surface area contributed by atoms with Gasteiger partial charge in [-0.15, -0.1) is 0 Å². The molecule has 0 saturated heterocycles. The molecule has 3 heteroatoms. The summed E-state index contributed by atoms with van der Waals surface area (Å²) in [5.74, 6) is 1.50. The first kappa shape index (κ1) is 16.4. The van der Waals surface area contributed by atoms with Crippen molar-refractivity contribution in [3.8, 4) is 11.5 Å². The van der Waals surface area contributed by atoms with Crippen molar-refractivity contribution in [2.24, 2.45) is 5.73 Å². The molecule has 0 aliphatic carbocycles. The molecule has 3 nitrogen and oxygen atoms in total. The predicted molar refractivity (Wildman–Crippen MR) is 90.7 cm³/mol. The van der Waals surface area contributed by atoms with Crippen molar-refractivity contribution in [3.05, 3.63) is 59.2 Å². The highest BCUT2D eigenvalue weighted by Crippen LogP contribution is 2.32. The van der Waals surface area contributed by atoms with Crippen LogP contribution in [0, 0.1) is 0 Å². The zero-order valence-electron chi connectivity index (χ0n) is 14.0. The summed E-state index contributed by atoms with van der Waals surface area (Å²) in [6, 6.07) is 14.0. The lowest BCUT2D eigenvalue weighted by Crippen LogP contribution is -2.15. The summed E-state index contributed by atoms with van der Waals surface area (Å²) < 4.78 is 10.7. The molecule has 2 rings (SSSR count). The van der Waals surface area contributed by atoms with Crippen LogP contribution in [-0.4, -0.2) is 14.2 Å². The average molecular weight is 299 g/mol. The van der Waals surface area contributed by atoms with Gasteiger partial charge in [0.15, 0.2) is 0 Å². The van der Waals surface area contributed by atoms with E-state index in [9.17, 15) is 0 Å². The zero-order chi connectivity index (χ0) is 16.3. The first-order valence-corrected chi connectivity index (χ1v) is 7.44. The quantitative estimate of drug-likeness (QED) is 0.926. The lowest BCUT2D eigenvalue weighted by Gasteiger charge is -2.21. The fraction of sp³-hybridized carbons (Fsp3) is 0.368. The van der Waals surface area contributed by atoms with Crippen LogP contribution >= 0.6 is 0 Å². The SMILES string of the molecule is COc1ccc(C(N)c2ccc(C(C)(C)C)cc2)c(OC)c1. The number of rotatable bonds is 4. The van der Waals surface area contributed by atoms with Crippen LogP contribution in [0.25, 0.3) is 0 Å². The molecule has 0 bridgehead atoms. The highest BCUT2D eigenvalue weighted by atomic mass is 16.5. The van der Waals surface area contributed by atoms with E-state index in [4.69, 9.17) is 15.2 Å². The van der Waals surface area contributed by atoms with Crippen LogP contribution in [0.1, 0.15) is 43.5 Å². The van der Waals surface area contributed by atoms with E-state index in [-0.39, 0.29) is 11.5 Å². The molecule has 0 spiro atoms. The van der Waals surface area contributed by atoms with E-state index in [2.05, 4.69) is 45.0 Å². The zero-order valence-corrected chi connectivity index (χ0v) is 14.0. The summed E-state index contributed by atoms with van der Waals surface area (Å²) in [6.07, 6.45) is 0. The Labute approximate surface area is 133 Å². The summed E-state index contributed by atoms with van der Waals surface area (Å²) in [5, 5.41) is 0. The first-order valence-electron chi connectivity index (χ1n) is 7.44. The monoisotopic (exact) mass is 299 g/mol. The van der Waals surface area contributed by atoms with Gasteiger partial charge in [-0.05, 0) is 28.7 Å². The predicted octanol–water partition coefficient (Wildman–Crippen LogP) is 4.05. The fourth-order valence-corrected chi connectivity index (χ4v) is 2.45. The fourth-order valence-electron chi connectivity index (χ4n) is 2.45. The third kappa shape index (κ3) is 3.42. The minimum atomic E-state index is -0.227. The van der Waals surface area contributed by atoms with Gasteiger partial charge in [0.2, 0.25) is 0 Å². The Kier molecular flexibility index (Phi) is 4.77. The summed E-state index contributed by atoms with van der Waals surface area (Å²) in [5.41, 5.74) is 9.88. The first-order chi connectivity index (χ1) is 10.4. The van der Waals surface area contributed by atoms with Gasteiger partial charge >= 0.3 is 0 Å². The standard InChI is InChI=1S/C19H25NO2/c1-19(2,3)14-8-6-13(7-9-14)18(20)16-11-10-15(21-4)12-17(16)22-5/h6-12,18H,20H2,1-5H3. The molecule has 0 fully saturated rings. The van der Waals surface area contributed by atoms with Crippen molar-refractivity contribution in [3.63, 3.8) is 0 Å². The second-order valence-corrected chi connectivity index (χ2v) is 6.46. The lowest BCUT2D eigenvalue weighted by atomic mass is 9.86. The number of ether oxygens (including phenoxy) is 2. The van der Waals surface area contributed by atoms with Gasteiger partial charge in [0.25, 0.3) is 0 Å². The van der Waals surface area contributed by atoms with Gasteiger partial charge in [0.05, 0.1) is 20.3 Å². The van der Waals surface area contributed by atoms with Crippen molar-refractivity contribution in [1.29, 1.82) is 0 Å². The van der Waals surface area contributed by atoms with E-state index >= 15 is 0 Å². The van der Waals surface area contributed by atoms with Crippen LogP contribution in [0.3, 0.4) is 0 Å². The van der Waals surface area contributed by atoms with Gasteiger partial charge < -0.3 is 15.2 Å². The van der Waals surface area contributed by atoms with Gasteiger partial charge in [0, 0.05) is 11.6 Å². The summed E-state index contributed by atoms with van der Waals surface area (Å²) in [4.78, 5) is 0. The Hall–Kier alpha value is -2.00. The smallest absolute Gasteiger partial charge is 0.127 e. The van der Waals surface area contributed by atoms with Crippen molar-refractivity contribution in [2.75, 3.05) is 14.2 Å². The van der Waals surface area contributed by atoms with E-state index in [1.165, 1.54) is 5.56 Å². The maximum absolute atomic E-state index is 6.42. The Morgan fingerprint density at radius 2 is 1.55 bits per heavy atom. The molecule has 2 N–H and O–H groups in total. The Morgan fingerprint density at radius 3 is 2.05 bits per heavy atom. The van der Waals surface area contributed by atoms with Gasteiger partial charge in [-0.3, -0.25) is 0 Å². The number of hydrogen-bond donors (Lipinski definition) is 1. The number of hydrogen-bond acceptors (Lipinski definition) is 3. The highest BCUT2D eigenvalue weighted by molar-refractivity contribution is 5.46. The van der Waals surface area contributed by atoms with Gasteiger partial charge in [0.1, 0.15) is 11.5 Å². The topological polar surface area (TPSA) is 44.5 Å².